The SMILES string of the molecule is COc1cccc(CNC(=O)COC(=O)c2sccc2-c2ccc(C)cc2)c1. The summed E-state index contributed by atoms with van der Waals surface area (Å²) in [6.07, 6.45) is 0. The maximum atomic E-state index is 12.4. The van der Waals surface area contributed by atoms with Crippen LogP contribution < -0.4 is 10.1 Å². The van der Waals surface area contributed by atoms with Crippen LogP contribution >= 0.6 is 11.3 Å². The fraction of sp³-hybridized carbons (Fsp3) is 0.182. The van der Waals surface area contributed by atoms with Gasteiger partial charge >= 0.3 is 5.97 Å². The Hall–Kier alpha value is -3.12. The third-order valence-corrected chi connectivity index (χ3v) is 5.07. The number of ether oxygens (including phenoxy) is 2. The fourth-order valence-electron chi connectivity index (χ4n) is 2.66. The van der Waals surface area contributed by atoms with Gasteiger partial charge in [-0.1, -0.05) is 42.0 Å². The van der Waals surface area contributed by atoms with E-state index in [0.29, 0.717) is 11.4 Å². The number of aryl methyl sites for hydroxylation is 1. The second kappa shape index (κ2) is 9.19. The van der Waals surface area contributed by atoms with Gasteiger partial charge in [0.2, 0.25) is 0 Å². The number of carbonyl (C=O) groups is 2. The zero-order chi connectivity index (χ0) is 19.9. The van der Waals surface area contributed by atoms with Gasteiger partial charge in [-0.05, 0) is 41.6 Å². The van der Waals surface area contributed by atoms with Crippen molar-refractivity contribution in [3.63, 3.8) is 0 Å². The molecule has 2 aromatic carbocycles. The van der Waals surface area contributed by atoms with Crippen LogP contribution in [0.15, 0.2) is 60.0 Å². The van der Waals surface area contributed by atoms with E-state index in [1.54, 1.807) is 7.11 Å². The Kier molecular flexibility index (Phi) is 6.45. The zero-order valence-electron chi connectivity index (χ0n) is 15.7. The van der Waals surface area contributed by atoms with Crippen LogP contribution in [0.4, 0.5) is 0 Å². The summed E-state index contributed by atoms with van der Waals surface area (Å²) < 4.78 is 10.4. The van der Waals surface area contributed by atoms with Crippen molar-refractivity contribution in [2.45, 2.75) is 13.5 Å². The predicted molar refractivity (Wildman–Crippen MR) is 110 cm³/mol. The molecule has 28 heavy (non-hydrogen) atoms. The number of benzene rings is 2. The zero-order valence-corrected chi connectivity index (χ0v) is 16.5. The molecule has 3 rings (SSSR count). The molecule has 1 amide bonds. The summed E-state index contributed by atoms with van der Waals surface area (Å²) in [6, 6.07) is 17.2. The lowest BCUT2D eigenvalue weighted by atomic mass is 10.1. The highest BCUT2D eigenvalue weighted by Crippen LogP contribution is 2.29. The van der Waals surface area contributed by atoms with Gasteiger partial charge in [0, 0.05) is 12.1 Å². The van der Waals surface area contributed by atoms with Crippen LogP contribution in [-0.4, -0.2) is 25.6 Å². The summed E-state index contributed by atoms with van der Waals surface area (Å²) in [7, 11) is 1.59. The van der Waals surface area contributed by atoms with E-state index in [1.807, 2.05) is 66.9 Å². The van der Waals surface area contributed by atoms with Gasteiger partial charge in [0.05, 0.1) is 7.11 Å². The average molecular weight is 395 g/mol. The number of nitrogens with one attached hydrogen (secondary N) is 1. The third-order valence-electron chi connectivity index (χ3n) is 4.17. The monoisotopic (exact) mass is 395 g/mol. The van der Waals surface area contributed by atoms with E-state index in [1.165, 1.54) is 11.3 Å². The molecule has 6 heteroatoms. The topological polar surface area (TPSA) is 64.6 Å². The Morgan fingerprint density at radius 1 is 1.07 bits per heavy atom. The maximum Gasteiger partial charge on any atom is 0.349 e. The summed E-state index contributed by atoms with van der Waals surface area (Å²) in [5, 5.41) is 4.58. The number of hydrogen-bond acceptors (Lipinski definition) is 5. The van der Waals surface area contributed by atoms with Crippen molar-refractivity contribution < 1.29 is 19.1 Å². The Morgan fingerprint density at radius 2 is 1.86 bits per heavy atom. The molecule has 1 N–H and O–H groups in total. The van der Waals surface area contributed by atoms with Crippen molar-refractivity contribution in [1.82, 2.24) is 5.32 Å². The van der Waals surface area contributed by atoms with Crippen molar-refractivity contribution in [3.05, 3.63) is 76.0 Å². The Morgan fingerprint density at radius 3 is 2.61 bits per heavy atom. The molecular weight excluding hydrogens is 374 g/mol. The first-order chi connectivity index (χ1) is 13.6. The second-order valence-electron chi connectivity index (χ2n) is 6.23. The highest BCUT2D eigenvalue weighted by molar-refractivity contribution is 7.12. The van der Waals surface area contributed by atoms with Gasteiger partial charge in [0.1, 0.15) is 10.6 Å². The quantitative estimate of drug-likeness (QED) is 0.609. The van der Waals surface area contributed by atoms with E-state index in [-0.39, 0.29) is 12.5 Å². The molecule has 0 aliphatic heterocycles. The molecule has 0 saturated heterocycles. The minimum atomic E-state index is -0.498. The molecule has 0 spiro atoms. The Balaban J connectivity index is 1.55. The lowest BCUT2D eigenvalue weighted by Crippen LogP contribution is -2.28. The number of methoxy groups -OCH3 is 1. The number of esters is 1. The normalized spacial score (nSPS) is 10.4. The highest BCUT2D eigenvalue weighted by atomic mass is 32.1. The summed E-state index contributed by atoms with van der Waals surface area (Å²) >= 11 is 1.30. The van der Waals surface area contributed by atoms with Crippen molar-refractivity contribution in [3.8, 4) is 16.9 Å². The molecule has 3 aromatic rings. The molecule has 0 aliphatic carbocycles. The van der Waals surface area contributed by atoms with Crippen LogP contribution in [0.1, 0.15) is 20.8 Å². The van der Waals surface area contributed by atoms with Crippen molar-refractivity contribution >= 4 is 23.2 Å². The van der Waals surface area contributed by atoms with Gasteiger partial charge < -0.3 is 14.8 Å². The number of carbonyl (C=O) groups excluding carboxylic acids is 2. The van der Waals surface area contributed by atoms with Crippen LogP contribution in [0.3, 0.4) is 0 Å². The van der Waals surface area contributed by atoms with Crippen molar-refractivity contribution in [1.29, 1.82) is 0 Å². The van der Waals surface area contributed by atoms with Crippen LogP contribution in [0.25, 0.3) is 11.1 Å². The summed E-state index contributed by atoms with van der Waals surface area (Å²) in [4.78, 5) is 24.9. The van der Waals surface area contributed by atoms with E-state index >= 15 is 0 Å². The molecule has 0 saturated carbocycles. The first-order valence-corrected chi connectivity index (χ1v) is 9.66. The van der Waals surface area contributed by atoms with E-state index in [0.717, 1.165) is 28.0 Å². The molecule has 5 nitrogen and oxygen atoms in total. The molecule has 1 aromatic heterocycles. The lowest BCUT2D eigenvalue weighted by Gasteiger charge is -2.08. The molecule has 0 radical (unpaired) electrons. The van der Waals surface area contributed by atoms with E-state index < -0.39 is 5.97 Å². The third kappa shape index (κ3) is 4.98. The van der Waals surface area contributed by atoms with Crippen LogP contribution in [0.2, 0.25) is 0 Å². The van der Waals surface area contributed by atoms with Gasteiger partial charge in [-0.2, -0.15) is 0 Å². The number of thiophene rings is 1. The van der Waals surface area contributed by atoms with E-state index in [2.05, 4.69) is 5.32 Å². The van der Waals surface area contributed by atoms with Crippen molar-refractivity contribution in [2.75, 3.05) is 13.7 Å². The molecule has 0 fully saturated rings. The smallest absolute Gasteiger partial charge is 0.349 e. The number of hydrogen-bond donors (Lipinski definition) is 1. The van der Waals surface area contributed by atoms with Gasteiger partial charge in [-0.25, -0.2) is 4.79 Å². The van der Waals surface area contributed by atoms with Crippen LogP contribution in [-0.2, 0) is 16.1 Å². The summed E-state index contributed by atoms with van der Waals surface area (Å²) in [5.41, 5.74) is 3.81. The minimum Gasteiger partial charge on any atom is -0.497 e. The first kappa shape index (κ1) is 19.6. The average Bonchev–Trinajstić information content (AvgIpc) is 3.21. The van der Waals surface area contributed by atoms with E-state index in [4.69, 9.17) is 9.47 Å². The molecule has 0 aliphatic rings. The molecule has 144 valence electrons. The standard InChI is InChI=1S/C22H21NO4S/c1-15-6-8-17(9-7-15)19-10-11-28-21(19)22(25)27-14-20(24)23-13-16-4-3-5-18(12-16)26-2/h3-12H,13-14H2,1-2H3,(H,23,24). The van der Waals surface area contributed by atoms with E-state index in [9.17, 15) is 9.59 Å². The number of amides is 1. The van der Waals surface area contributed by atoms with Gasteiger partial charge in [0.15, 0.2) is 6.61 Å². The second-order valence-corrected chi connectivity index (χ2v) is 7.15. The largest absolute Gasteiger partial charge is 0.497 e. The van der Waals surface area contributed by atoms with Crippen molar-refractivity contribution in [2.24, 2.45) is 0 Å². The molecule has 0 unspecified atom stereocenters. The van der Waals surface area contributed by atoms with Gasteiger partial charge in [-0.15, -0.1) is 11.3 Å². The minimum absolute atomic E-state index is 0.325. The Labute approximate surface area is 167 Å². The van der Waals surface area contributed by atoms with Gasteiger partial charge in [0.25, 0.3) is 5.91 Å². The predicted octanol–water partition coefficient (Wildman–Crippen LogP) is 4.21. The lowest BCUT2D eigenvalue weighted by molar-refractivity contribution is -0.124. The molecule has 1 heterocycles. The van der Waals surface area contributed by atoms with Crippen LogP contribution in [0.5, 0.6) is 5.75 Å². The maximum absolute atomic E-state index is 12.4. The first-order valence-electron chi connectivity index (χ1n) is 8.78. The fourth-order valence-corrected chi connectivity index (χ4v) is 3.47. The summed E-state index contributed by atoms with van der Waals surface area (Å²) in [5.74, 6) is -0.133. The summed E-state index contributed by atoms with van der Waals surface area (Å²) in [6.45, 7) is 2.02. The molecule has 0 bridgehead atoms. The van der Waals surface area contributed by atoms with Gasteiger partial charge in [-0.3, -0.25) is 4.79 Å². The van der Waals surface area contributed by atoms with Crippen LogP contribution in [0, 0.1) is 6.92 Å². The Bertz CT molecular complexity index is 963. The number of rotatable bonds is 7. The molecular formula is C22H21NO4S. The molecule has 0 atom stereocenters. The highest BCUT2D eigenvalue weighted by Gasteiger charge is 2.17.